The highest BCUT2D eigenvalue weighted by Crippen LogP contribution is 2.10. The van der Waals surface area contributed by atoms with Crippen molar-refractivity contribution < 1.29 is 9.53 Å². The van der Waals surface area contributed by atoms with Gasteiger partial charge in [0.15, 0.2) is 5.60 Å². The highest BCUT2D eigenvalue weighted by atomic mass is 35.5. The summed E-state index contributed by atoms with van der Waals surface area (Å²) < 4.78 is 4.76. The van der Waals surface area contributed by atoms with E-state index in [1.54, 1.807) is 6.92 Å². The predicted octanol–water partition coefficient (Wildman–Crippen LogP) is 1.35. The largest absolute Gasteiger partial charge is 0.441 e. The second-order valence-corrected chi connectivity index (χ2v) is 2.33. The lowest BCUT2D eigenvalue weighted by Crippen LogP contribution is -2.27. The number of ether oxygens (including phenoxy) is 1. The summed E-state index contributed by atoms with van der Waals surface area (Å²) in [5.74, 6) is 1.52. The Bertz CT molecular complexity index is 205. The average molecular weight is 173 g/mol. The number of carbonyl (C=O) groups is 1. The highest BCUT2D eigenvalue weighted by Gasteiger charge is 2.20. The van der Waals surface area contributed by atoms with E-state index in [0.717, 1.165) is 0 Å². The van der Waals surface area contributed by atoms with Gasteiger partial charge in [0.05, 0.1) is 0 Å². The van der Waals surface area contributed by atoms with Crippen molar-refractivity contribution in [1.29, 1.82) is 0 Å². The van der Waals surface area contributed by atoms with E-state index >= 15 is 0 Å². The van der Waals surface area contributed by atoms with E-state index in [9.17, 15) is 4.79 Å². The molecule has 1 unspecified atom stereocenters. The van der Waals surface area contributed by atoms with Crippen molar-refractivity contribution in [2.45, 2.75) is 12.5 Å². The zero-order valence-corrected chi connectivity index (χ0v) is 7.02. The highest BCUT2D eigenvalue weighted by molar-refractivity contribution is 6.26. The number of rotatable bonds is 3. The normalized spacial score (nSPS) is 14.3. The van der Waals surface area contributed by atoms with Crippen molar-refractivity contribution in [2.24, 2.45) is 0 Å². The molecule has 0 spiro atoms. The number of alkyl halides is 1. The van der Waals surface area contributed by atoms with Gasteiger partial charge in [-0.05, 0) is 13.0 Å². The number of hydrogen-bond donors (Lipinski definition) is 0. The van der Waals surface area contributed by atoms with Gasteiger partial charge in [-0.15, -0.1) is 18.0 Å². The molecule has 0 aliphatic carbocycles. The van der Waals surface area contributed by atoms with Gasteiger partial charge < -0.3 is 4.74 Å². The first-order valence-electron chi connectivity index (χ1n) is 2.97. The Labute approximate surface area is 71.2 Å². The van der Waals surface area contributed by atoms with Crippen molar-refractivity contribution in [3.05, 3.63) is 12.7 Å². The van der Waals surface area contributed by atoms with Gasteiger partial charge in [0, 0.05) is 0 Å². The van der Waals surface area contributed by atoms with Crippen molar-refractivity contribution in [3.63, 3.8) is 0 Å². The minimum atomic E-state index is -1.04. The second-order valence-electron chi connectivity index (χ2n) is 2.06. The SMILES string of the molecule is C#CC(C)(C=C)OC(=O)CCl. The molecule has 0 aliphatic rings. The standard InChI is InChI=1S/C8H9ClO2/c1-4-8(3,5-2)11-7(10)6-9/h1,5H,2,6H2,3H3. The van der Waals surface area contributed by atoms with Crippen LogP contribution in [0.5, 0.6) is 0 Å². The predicted molar refractivity (Wildman–Crippen MR) is 44.2 cm³/mol. The molecule has 11 heavy (non-hydrogen) atoms. The molecule has 0 rings (SSSR count). The Morgan fingerprint density at radius 3 is 2.82 bits per heavy atom. The van der Waals surface area contributed by atoms with Crippen LogP contribution in [-0.2, 0) is 9.53 Å². The Kier molecular flexibility index (Phi) is 3.70. The summed E-state index contributed by atoms with van der Waals surface area (Å²) in [6.45, 7) is 4.99. The number of carbonyl (C=O) groups excluding carboxylic acids is 1. The molecule has 0 saturated heterocycles. The second kappa shape index (κ2) is 4.05. The maximum Gasteiger partial charge on any atom is 0.322 e. The van der Waals surface area contributed by atoms with Crippen LogP contribution in [0.15, 0.2) is 12.7 Å². The first-order valence-corrected chi connectivity index (χ1v) is 3.50. The first-order chi connectivity index (χ1) is 5.08. The Morgan fingerprint density at radius 1 is 2.00 bits per heavy atom. The van der Waals surface area contributed by atoms with Crippen LogP contribution in [-0.4, -0.2) is 17.5 Å². The fraction of sp³-hybridized carbons (Fsp3) is 0.375. The molecule has 3 heteroatoms. The fourth-order valence-electron chi connectivity index (χ4n) is 0.394. The topological polar surface area (TPSA) is 26.3 Å². The summed E-state index contributed by atoms with van der Waals surface area (Å²) in [7, 11) is 0. The lowest BCUT2D eigenvalue weighted by Gasteiger charge is -2.18. The van der Waals surface area contributed by atoms with Crippen LogP contribution in [0.2, 0.25) is 0 Å². The van der Waals surface area contributed by atoms with Crippen LogP contribution in [0.4, 0.5) is 0 Å². The number of esters is 1. The molecule has 0 fully saturated rings. The average Bonchev–Trinajstić information content (AvgIpc) is 2.04. The van der Waals surface area contributed by atoms with Crippen molar-refractivity contribution in [3.8, 4) is 12.3 Å². The van der Waals surface area contributed by atoms with E-state index in [-0.39, 0.29) is 5.88 Å². The third-order valence-corrected chi connectivity index (χ3v) is 1.33. The third kappa shape index (κ3) is 3.10. The van der Waals surface area contributed by atoms with Crippen molar-refractivity contribution in [1.82, 2.24) is 0 Å². The molecule has 0 aromatic carbocycles. The van der Waals surface area contributed by atoms with Crippen molar-refractivity contribution >= 4 is 17.6 Å². The molecule has 0 aliphatic heterocycles. The smallest absolute Gasteiger partial charge is 0.322 e. The van der Waals surface area contributed by atoms with E-state index < -0.39 is 11.6 Å². The number of hydrogen-bond acceptors (Lipinski definition) is 2. The first kappa shape index (κ1) is 10.1. The molecule has 0 aromatic heterocycles. The zero-order valence-electron chi connectivity index (χ0n) is 6.26. The lowest BCUT2D eigenvalue weighted by molar-refractivity contribution is -0.146. The summed E-state index contributed by atoms with van der Waals surface area (Å²) in [4.78, 5) is 10.6. The molecule has 0 radical (unpaired) electrons. The van der Waals surface area contributed by atoms with Crippen LogP contribution < -0.4 is 0 Å². The van der Waals surface area contributed by atoms with Gasteiger partial charge in [0.2, 0.25) is 0 Å². The molecular weight excluding hydrogens is 164 g/mol. The number of halogens is 1. The molecule has 1 atom stereocenters. The summed E-state index contributed by atoms with van der Waals surface area (Å²) >= 11 is 5.19. The molecular formula is C8H9ClO2. The Morgan fingerprint density at radius 2 is 2.55 bits per heavy atom. The van der Waals surface area contributed by atoms with E-state index in [1.807, 2.05) is 0 Å². The molecule has 0 heterocycles. The number of terminal acetylenes is 1. The minimum Gasteiger partial charge on any atom is -0.441 e. The quantitative estimate of drug-likeness (QED) is 0.278. The van der Waals surface area contributed by atoms with Gasteiger partial charge in [-0.3, -0.25) is 4.79 Å². The van der Waals surface area contributed by atoms with Crippen LogP contribution in [0, 0.1) is 12.3 Å². The van der Waals surface area contributed by atoms with Gasteiger partial charge in [0.25, 0.3) is 0 Å². The fourth-order valence-corrected chi connectivity index (χ4v) is 0.448. The van der Waals surface area contributed by atoms with Crippen LogP contribution in [0.1, 0.15) is 6.92 Å². The van der Waals surface area contributed by atoms with E-state index in [1.165, 1.54) is 6.08 Å². The van der Waals surface area contributed by atoms with Crippen LogP contribution >= 0.6 is 11.6 Å². The van der Waals surface area contributed by atoms with E-state index in [2.05, 4.69) is 12.5 Å². The minimum absolute atomic E-state index is 0.203. The Hall–Kier alpha value is -0.940. The molecule has 0 bridgehead atoms. The zero-order chi connectivity index (χ0) is 8.91. The van der Waals surface area contributed by atoms with Gasteiger partial charge in [-0.1, -0.05) is 12.5 Å². The van der Waals surface area contributed by atoms with Gasteiger partial charge in [-0.2, -0.15) is 0 Å². The summed E-state index contributed by atoms with van der Waals surface area (Å²) in [6.07, 6.45) is 6.45. The molecule has 0 amide bonds. The maximum atomic E-state index is 10.6. The lowest BCUT2D eigenvalue weighted by atomic mass is 10.1. The molecule has 2 nitrogen and oxygen atoms in total. The monoisotopic (exact) mass is 172 g/mol. The summed E-state index contributed by atoms with van der Waals surface area (Å²) in [5.41, 5.74) is -1.04. The third-order valence-electron chi connectivity index (χ3n) is 1.11. The van der Waals surface area contributed by atoms with Crippen LogP contribution in [0.3, 0.4) is 0 Å². The molecule has 0 aromatic rings. The van der Waals surface area contributed by atoms with E-state index in [4.69, 9.17) is 22.8 Å². The Balaban J connectivity index is 4.22. The molecule has 0 saturated carbocycles. The summed E-state index contributed by atoms with van der Waals surface area (Å²) in [5, 5.41) is 0. The van der Waals surface area contributed by atoms with Gasteiger partial charge in [-0.25, -0.2) is 0 Å². The van der Waals surface area contributed by atoms with E-state index in [0.29, 0.717) is 0 Å². The van der Waals surface area contributed by atoms with Gasteiger partial charge >= 0.3 is 5.97 Å². The molecule has 0 N–H and O–H groups in total. The molecule has 60 valence electrons. The van der Waals surface area contributed by atoms with Crippen LogP contribution in [0.25, 0.3) is 0 Å². The van der Waals surface area contributed by atoms with Crippen molar-refractivity contribution in [2.75, 3.05) is 5.88 Å². The maximum absolute atomic E-state index is 10.6. The summed E-state index contributed by atoms with van der Waals surface area (Å²) in [6, 6.07) is 0. The van der Waals surface area contributed by atoms with Gasteiger partial charge in [0.1, 0.15) is 5.88 Å².